The molecule has 0 saturated carbocycles. The molecular weight excluding hydrogens is 336 g/mol. The molecule has 1 aliphatic rings. The lowest BCUT2D eigenvalue weighted by atomic mass is 9.99. The van der Waals surface area contributed by atoms with Crippen LogP contribution in [-0.4, -0.2) is 24.5 Å². The number of hydrogen-bond acceptors (Lipinski definition) is 3. The lowest BCUT2D eigenvalue weighted by Gasteiger charge is -2.30. The number of carbonyl (C=O) groups is 1. The number of halogens is 1. The van der Waals surface area contributed by atoms with E-state index in [4.69, 9.17) is 4.74 Å². The van der Waals surface area contributed by atoms with E-state index in [0.29, 0.717) is 18.2 Å². The predicted molar refractivity (Wildman–Crippen MR) is 102 cm³/mol. The molecule has 1 saturated heterocycles. The molecule has 25 heavy (non-hydrogen) atoms. The molecule has 0 aromatic heterocycles. The average molecular weight is 361 g/mol. The summed E-state index contributed by atoms with van der Waals surface area (Å²) in [5.41, 5.74) is 1.74. The summed E-state index contributed by atoms with van der Waals surface area (Å²) in [5, 5.41) is 6.53. The molecule has 1 amide bonds. The first-order valence-electron chi connectivity index (χ1n) is 8.53. The number of hydrogen-bond donors (Lipinski definition) is 2. The van der Waals surface area contributed by atoms with E-state index < -0.39 is 0 Å². The van der Waals surface area contributed by atoms with E-state index in [2.05, 4.69) is 17.6 Å². The topological polar surface area (TPSA) is 50.4 Å². The van der Waals surface area contributed by atoms with E-state index in [1.165, 1.54) is 0 Å². The van der Waals surface area contributed by atoms with E-state index in [-0.39, 0.29) is 24.4 Å². The zero-order valence-electron chi connectivity index (χ0n) is 14.4. The molecule has 2 atom stereocenters. The van der Waals surface area contributed by atoms with Crippen LogP contribution in [0.2, 0.25) is 0 Å². The van der Waals surface area contributed by atoms with E-state index in [0.717, 1.165) is 30.7 Å². The van der Waals surface area contributed by atoms with Crippen molar-refractivity contribution >= 4 is 18.3 Å². The first-order chi connectivity index (χ1) is 11.7. The third-order valence-corrected chi connectivity index (χ3v) is 4.44. The number of nitrogens with one attached hydrogen (secondary N) is 2. The Morgan fingerprint density at radius 1 is 1.16 bits per heavy atom. The molecule has 0 radical (unpaired) electrons. The molecule has 4 nitrogen and oxygen atoms in total. The Balaban J connectivity index is 0.00000225. The number of carbonyl (C=O) groups excluding carboxylic acids is 1. The number of amides is 1. The Labute approximate surface area is 155 Å². The highest BCUT2D eigenvalue weighted by molar-refractivity contribution is 5.94. The summed E-state index contributed by atoms with van der Waals surface area (Å²) in [4.78, 5) is 12.4. The second kappa shape index (κ2) is 9.44. The summed E-state index contributed by atoms with van der Waals surface area (Å²) in [6.45, 7) is 3.65. The van der Waals surface area contributed by atoms with Crippen molar-refractivity contribution in [2.24, 2.45) is 0 Å². The number of ether oxygens (including phenoxy) is 1. The molecule has 2 unspecified atom stereocenters. The van der Waals surface area contributed by atoms with Crippen LogP contribution in [0.5, 0.6) is 5.75 Å². The van der Waals surface area contributed by atoms with Crippen molar-refractivity contribution < 1.29 is 9.53 Å². The standard InChI is InChI=1S/C20H24N2O2.ClH/c1-15-19(8-5-13-21-15)22-20(23)17-11-9-16(10-12-17)14-24-18-6-3-2-4-7-18;/h2-4,6-7,9-12,15,19,21H,5,8,13-14H2,1H3,(H,22,23);1H. The van der Waals surface area contributed by atoms with Gasteiger partial charge in [0.15, 0.2) is 0 Å². The first-order valence-corrected chi connectivity index (χ1v) is 8.53. The molecule has 1 heterocycles. The molecule has 0 bridgehead atoms. The van der Waals surface area contributed by atoms with Crippen molar-refractivity contribution in [2.45, 2.75) is 38.5 Å². The highest BCUT2D eigenvalue weighted by Crippen LogP contribution is 2.13. The summed E-state index contributed by atoms with van der Waals surface area (Å²) in [6.07, 6.45) is 2.13. The Hall–Kier alpha value is -2.04. The second-order valence-electron chi connectivity index (χ2n) is 6.26. The zero-order valence-corrected chi connectivity index (χ0v) is 15.2. The van der Waals surface area contributed by atoms with E-state index in [1.807, 2.05) is 54.6 Å². The van der Waals surface area contributed by atoms with Crippen molar-refractivity contribution in [2.75, 3.05) is 6.54 Å². The van der Waals surface area contributed by atoms with Crippen LogP contribution in [-0.2, 0) is 6.61 Å². The van der Waals surface area contributed by atoms with Crippen LogP contribution in [0.1, 0.15) is 35.7 Å². The van der Waals surface area contributed by atoms with Gasteiger partial charge in [-0.1, -0.05) is 30.3 Å². The van der Waals surface area contributed by atoms with Gasteiger partial charge in [0.1, 0.15) is 12.4 Å². The van der Waals surface area contributed by atoms with Gasteiger partial charge < -0.3 is 15.4 Å². The number of rotatable bonds is 5. The maximum atomic E-state index is 12.4. The zero-order chi connectivity index (χ0) is 16.8. The lowest BCUT2D eigenvalue weighted by molar-refractivity contribution is 0.0920. The van der Waals surface area contributed by atoms with Gasteiger partial charge in [0, 0.05) is 17.6 Å². The van der Waals surface area contributed by atoms with Gasteiger partial charge in [-0.25, -0.2) is 0 Å². The molecule has 0 spiro atoms. The van der Waals surface area contributed by atoms with Crippen LogP contribution in [0, 0.1) is 0 Å². The molecule has 1 aliphatic heterocycles. The smallest absolute Gasteiger partial charge is 0.251 e. The van der Waals surface area contributed by atoms with E-state index in [1.54, 1.807) is 0 Å². The number of piperidine rings is 1. The van der Waals surface area contributed by atoms with Crippen molar-refractivity contribution in [3.8, 4) is 5.75 Å². The van der Waals surface area contributed by atoms with E-state index >= 15 is 0 Å². The Bertz CT molecular complexity index is 661. The van der Waals surface area contributed by atoms with Crippen LogP contribution in [0.4, 0.5) is 0 Å². The third kappa shape index (κ3) is 5.48. The largest absolute Gasteiger partial charge is 0.489 e. The second-order valence-corrected chi connectivity index (χ2v) is 6.26. The minimum absolute atomic E-state index is 0. The summed E-state index contributed by atoms with van der Waals surface area (Å²) >= 11 is 0. The molecule has 1 fully saturated rings. The third-order valence-electron chi connectivity index (χ3n) is 4.44. The van der Waals surface area contributed by atoms with Crippen LogP contribution in [0.25, 0.3) is 0 Å². The maximum absolute atomic E-state index is 12.4. The summed E-state index contributed by atoms with van der Waals surface area (Å²) < 4.78 is 5.72. The van der Waals surface area contributed by atoms with Gasteiger partial charge in [-0.3, -0.25) is 4.79 Å². The molecule has 2 N–H and O–H groups in total. The normalized spacial score (nSPS) is 19.6. The first kappa shape index (κ1) is 19.3. The van der Waals surface area contributed by atoms with Crippen LogP contribution < -0.4 is 15.4 Å². The number of para-hydroxylation sites is 1. The lowest BCUT2D eigenvalue weighted by Crippen LogP contribution is -2.51. The van der Waals surface area contributed by atoms with Gasteiger partial charge in [-0.15, -0.1) is 12.4 Å². The SMILES string of the molecule is CC1NCCCC1NC(=O)c1ccc(COc2ccccc2)cc1.Cl. The fourth-order valence-electron chi connectivity index (χ4n) is 2.93. The Kier molecular flexibility index (Phi) is 7.29. The van der Waals surface area contributed by atoms with Gasteiger partial charge in [-0.05, 0) is 56.1 Å². The predicted octanol–water partition coefficient (Wildman–Crippen LogP) is 3.56. The molecule has 5 heteroatoms. The van der Waals surface area contributed by atoms with Crippen molar-refractivity contribution in [1.29, 1.82) is 0 Å². The van der Waals surface area contributed by atoms with Gasteiger partial charge >= 0.3 is 0 Å². The van der Waals surface area contributed by atoms with E-state index in [9.17, 15) is 4.79 Å². The summed E-state index contributed by atoms with van der Waals surface area (Å²) in [7, 11) is 0. The van der Waals surface area contributed by atoms with Crippen LogP contribution in [0.3, 0.4) is 0 Å². The highest BCUT2D eigenvalue weighted by Gasteiger charge is 2.22. The number of benzene rings is 2. The van der Waals surface area contributed by atoms with Gasteiger partial charge in [0.25, 0.3) is 5.91 Å². The molecule has 2 aromatic carbocycles. The molecule has 134 valence electrons. The summed E-state index contributed by atoms with van der Waals surface area (Å²) in [5.74, 6) is 0.837. The Morgan fingerprint density at radius 3 is 2.56 bits per heavy atom. The fourth-order valence-corrected chi connectivity index (χ4v) is 2.93. The molecule has 0 aliphatic carbocycles. The van der Waals surface area contributed by atoms with Crippen molar-refractivity contribution in [1.82, 2.24) is 10.6 Å². The monoisotopic (exact) mass is 360 g/mol. The molecule has 3 rings (SSSR count). The highest BCUT2D eigenvalue weighted by atomic mass is 35.5. The van der Waals surface area contributed by atoms with Crippen molar-refractivity contribution in [3.05, 3.63) is 65.7 Å². The summed E-state index contributed by atoms with van der Waals surface area (Å²) in [6, 6.07) is 17.9. The van der Waals surface area contributed by atoms with Gasteiger partial charge in [0.2, 0.25) is 0 Å². The van der Waals surface area contributed by atoms with Crippen LogP contribution in [0.15, 0.2) is 54.6 Å². The maximum Gasteiger partial charge on any atom is 0.251 e. The van der Waals surface area contributed by atoms with Crippen molar-refractivity contribution in [3.63, 3.8) is 0 Å². The van der Waals surface area contributed by atoms with Gasteiger partial charge in [0.05, 0.1) is 0 Å². The average Bonchev–Trinajstić information content (AvgIpc) is 2.63. The molecular formula is C20H25ClN2O2. The van der Waals surface area contributed by atoms with Crippen LogP contribution >= 0.6 is 12.4 Å². The molecule has 2 aromatic rings. The fraction of sp³-hybridized carbons (Fsp3) is 0.350. The minimum Gasteiger partial charge on any atom is -0.489 e. The van der Waals surface area contributed by atoms with Gasteiger partial charge in [-0.2, -0.15) is 0 Å². The minimum atomic E-state index is -0.00826. The Morgan fingerprint density at radius 2 is 1.88 bits per heavy atom. The quantitative estimate of drug-likeness (QED) is 0.857.